The topological polar surface area (TPSA) is 152 Å². The number of benzene rings is 2. The fourth-order valence-corrected chi connectivity index (χ4v) is 6.39. The van der Waals surface area contributed by atoms with Gasteiger partial charge in [-0.2, -0.15) is 0 Å². The smallest absolute Gasteiger partial charge is 0.412 e. The van der Waals surface area contributed by atoms with Crippen LogP contribution in [0.5, 0.6) is 0 Å². The largest absolute Gasteiger partial charge is 0.444 e. The summed E-state index contributed by atoms with van der Waals surface area (Å²) < 4.78 is 11.1. The fourth-order valence-electron chi connectivity index (χ4n) is 6.39. The Morgan fingerprint density at radius 1 is 1.02 bits per heavy atom. The number of amides is 3. The van der Waals surface area contributed by atoms with Crippen LogP contribution < -0.4 is 26.2 Å². The average Bonchev–Trinajstić information content (AvgIpc) is 3.07. The van der Waals surface area contributed by atoms with E-state index in [9.17, 15) is 14.4 Å². The van der Waals surface area contributed by atoms with Gasteiger partial charge >= 0.3 is 6.09 Å². The second-order valence-corrected chi connectivity index (χ2v) is 12.0. The molecule has 0 saturated carbocycles. The van der Waals surface area contributed by atoms with Crippen LogP contribution in [0.2, 0.25) is 0 Å². The Morgan fingerprint density at radius 3 is 2.62 bits per heavy atom. The number of nitrogens with two attached hydrogens (primary N) is 1. The van der Waals surface area contributed by atoms with E-state index in [2.05, 4.69) is 27.4 Å². The number of nitrogens with one attached hydrogen (secondary N) is 2. The molecule has 4 heterocycles. The number of carbonyl (C=O) groups is 3. The normalized spacial score (nSPS) is 19.8. The first-order valence-electron chi connectivity index (χ1n) is 15.8. The van der Waals surface area contributed by atoms with Crippen molar-refractivity contribution in [2.24, 2.45) is 11.7 Å². The predicted octanol–water partition coefficient (Wildman–Crippen LogP) is 4.95. The molecule has 2 saturated heterocycles. The van der Waals surface area contributed by atoms with Crippen LogP contribution in [0, 0.1) is 5.92 Å². The number of hydrogen-bond acceptors (Lipinski definition) is 9. The molecule has 0 radical (unpaired) electrons. The molecule has 2 aliphatic heterocycles. The van der Waals surface area contributed by atoms with E-state index in [0.29, 0.717) is 48.3 Å². The number of piperidine rings is 2. The average molecular weight is 638 g/mol. The molecule has 4 aromatic rings. The van der Waals surface area contributed by atoms with Crippen molar-refractivity contribution in [1.82, 2.24) is 9.97 Å². The van der Waals surface area contributed by atoms with E-state index in [0.717, 1.165) is 24.1 Å². The van der Waals surface area contributed by atoms with Crippen LogP contribution in [0.4, 0.5) is 27.5 Å². The van der Waals surface area contributed by atoms with Gasteiger partial charge in [-0.25, -0.2) is 9.78 Å². The Hall–Kier alpha value is -5.07. The molecule has 0 aliphatic carbocycles. The van der Waals surface area contributed by atoms with Crippen LogP contribution in [-0.4, -0.2) is 66.8 Å². The third-order valence-corrected chi connectivity index (χ3v) is 8.68. The number of fused-ring (bicyclic) bond motifs is 1. The van der Waals surface area contributed by atoms with Gasteiger partial charge in [-0.3, -0.25) is 19.9 Å². The van der Waals surface area contributed by atoms with E-state index in [1.54, 1.807) is 36.5 Å². The first kappa shape index (κ1) is 31.9. The molecule has 2 aromatic carbocycles. The van der Waals surface area contributed by atoms with Gasteiger partial charge in [0.15, 0.2) is 5.69 Å². The van der Waals surface area contributed by atoms with Gasteiger partial charge in [-0.05, 0) is 42.7 Å². The maximum atomic E-state index is 14.0. The number of methoxy groups -OCH3 is 1. The summed E-state index contributed by atoms with van der Waals surface area (Å²) in [5, 5.41) is 6.37. The molecule has 2 fully saturated rings. The van der Waals surface area contributed by atoms with Gasteiger partial charge in [0.1, 0.15) is 6.61 Å². The summed E-state index contributed by atoms with van der Waals surface area (Å²) in [7, 11) is 1.67. The van der Waals surface area contributed by atoms with Crippen molar-refractivity contribution in [3.05, 3.63) is 84.3 Å². The molecule has 47 heavy (non-hydrogen) atoms. The highest BCUT2D eigenvalue weighted by molar-refractivity contribution is 6.11. The molecule has 3 amide bonds. The lowest BCUT2D eigenvalue weighted by Gasteiger charge is -2.41. The van der Waals surface area contributed by atoms with Crippen LogP contribution in [0.15, 0.2) is 73.1 Å². The van der Waals surface area contributed by atoms with Crippen molar-refractivity contribution in [3.8, 4) is 0 Å². The Balaban J connectivity index is 1.31. The van der Waals surface area contributed by atoms with E-state index in [1.807, 2.05) is 48.5 Å². The summed E-state index contributed by atoms with van der Waals surface area (Å²) in [5.74, 6) is -0.343. The van der Waals surface area contributed by atoms with Crippen molar-refractivity contribution >= 4 is 51.6 Å². The Bertz CT molecular complexity index is 1760. The lowest BCUT2D eigenvalue weighted by molar-refractivity contribution is -0.119. The van der Waals surface area contributed by atoms with E-state index in [4.69, 9.17) is 20.2 Å². The Morgan fingerprint density at radius 2 is 1.85 bits per heavy atom. The zero-order valence-electron chi connectivity index (χ0n) is 26.5. The highest BCUT2D eigenvalue weighted by atomic mass is 16.5. The molecule has 12 heteroatoms. The quantitative estimate of drug-likeness (QED) is 0.244. The number of rotatable bonds is 8. The Labute approximate surface area is 273 Å². The number of pyridine rings is 2. The van der Waals surface area contributed by atoms with Crippen LogP contribution in [0.25, 0.3) is 10.9 Å². The molecule has 4 N–H and O–H groups in total. The maximum Gasteiger partial charge on any atom is 0.412 e. The first-order chi connectivity index (χ1) is 22.8. The summed E-state index contributed by atoms with van der Waals surface area (Å²) in [6.45, 7) is 3.96. The molecule has 244 valence electrons. The van der Waals surface area contributed by atoms with Crippen molar-refractivity contribution in [2.75, 3.05) is 47.2 Å². The number of ether oxygens (including phenoxy) is 2. The van der Waals surface area contributed by atoms with Crippen molar-refractivity contribution in [2.45, 2.75) is 44.9 Å². The lowest BCUT2D eigenvalue weighted by Crippen LogP contribution is -2.56. The zero-order chi connectivity index (χ0) is 32.9. The highest BCUT2D eigenvalue weighted by Crippen LogP contribution is 2.32. The SMILES string of the molecule is COC1[C@H](N)CN(c2ccncc2NC(=O)c2nc3cc(N4CCCCC4=O)ccc3cc2NC(=O)OCc2ccccc2)C[C@@H]1C. The molecule has 0 spiro atoms. The Kier molecular flexibility index (Phi) is 9.60. The van der Waals surface area contributed by atoms with E-state index >= 15 is 0 Å². The number of nitrogens with zero attached hydrogens (tertiary/aromatic N) is 4. The van der Waals surface area contributed by atoms with Crippen LogP contribution in [0.3, 0.4) is 0 Å². The molecule has 2 aliphatic rings. The van der Waals surface area contributed by atoms with Crippen LogP contribution in [0.1, 0.15) is 42.2 Å². The van der Waals surface area contributed by atoms with Crippen LogP contribution >= 0.6 is 0 Å². The first-order valence-corrected chi connectivity index (χ1v) is 15.8. The summed E-state index contributed by atoms with van der Waals surface area (Å²) in [4.78, 5) is 52.4. The van der Waals surface area contributed by atoms with Gasteiger partial charge < -0.3 is 30.3 Å². The zero-order valence-corrected chi connectivity index (χ0v) is 26.5. The van der Waals surface area contributed by atoms with Crippen LogP contribution in [-0.2, 0) is 20.9 Å². The molecule has 6 rings (SSSR count). The van der Waals surface area contributed by atoms with Gasteiger partial charge in [-0.15, -0.1) is 0 Å². The van der Waals surface area contributed by atoms with Gasteiger partial charge in [0.2, 0.25) is 5.91 Å². The third-order valence-electron chi connectivity index (χ3n) is 8.68. The van der Waals surface area contributed by atoms with Crippen molar-refractivity contribution in [1.29, 1.82) is 0 Å². The van der Waals surface area contributed by atoms with Gasteiger partial charge in [-0.1, -0.05) is 43.3 Å². The van der Waals surface area contributed by atoms with Gasteiger partial charge in [0.05, 0.1) is 34.9 Å². The molecule has 0 bridgehead atoms. The molecular formula is C35H39N7O5. The summed E-state index contributed by atoms with van der Waals surface area (Å²) in [5.41, 5.74) is 9.88. The number of anilines is 4. The standard InChI is InChI=1S/C35H39N7O5/c1-22-19-41(20-26(36)33(22)46-2)30-13-14-37-18-29(30)39-34(44)32-28(40-35(45)47-21-23-8-4-3-5-9-23)16-24-11-12-25(17-27(24)38-32)42-15-7-6-10-31(42)43/h3-5,8-9,11-14,16-18,22,26,33H,6-7,10,15,19-21,36H2,1-2H3,(H,39,44)(H,40,45)/t22-,26+,33?/m0/s1. The van der Waals surface area contributed by atoms with E-state index in [-0.39, 0.29) is 42.0 Å². The highest BCUT2D eigenvalue weighted by Gasteiger charge is 2.33. The van der Waals surface area contributed by atoms with Crippen molar-refractivity contribution < 1.29 is 23.9 Å². The fraction of sp³-hybridized carbons (Fsp3) is 0.343. The third kappa shape index (κ3) is 7.18. The number of hydrogen-bond donors (Lipinski definition) is 3. The number of aromatic nitrogens is 2. The maximum absolute atomic E-state index is 14.0. The molecule has 2 aromatic heterocycles. The summed E-state index contributed by atoms with van der Waals surface area (Å²) in [6, 6.07) is 18.1. The number of carbonyl (C=O) groups excluding carboxylic acids is 3. The molecule has 1 unspecified atom stereocenters. The molecule has 3 atom stereocenters. The van der Waals surface area contributed by atoms with Gasteiger partial charge in [0.25, 0.3) is 5.91 Å². The lowest BCUT2D eigenvalue weighted by atomic mass is 9.92. The molecular weight excluding hydrogens is 598 g/mol. The summed E-state index contributed by atoms with van der Waals surface area (Å²) in [6.07, 6.45) is 4.71. The predicted molar refractivity (Wildman–Crippen MR) is 181 cm³/mol. The minimum atomic E-state index is -0.731. The minimum Gasteiger partial charge on any atom is -0.444 e. The summed E-state index contributed by atoms with van der Waals surface area (Å²) >= 11 is 0. The van der Waals surface area contributed by atoms with Gasteiger partial charge in [0, 0.05) is 62.4 Å². The second kappa shape index (κ2) is 14.1. The van der Waals surface area contributed by atoms with E-state index < -0.39 is 12.0 Å². The van der Waals surface area contributed by atoms with E-state index in [1.165, 1.54) is 0 Å². The minimum absolute atomic E-state index is 0.0192. The molecule has 12 nitrogen and oxygen atoms in total. The second-order valence-electron chi connectivity index (χ2n) is 12.0. The monoisotopic (exact) mass is 637 g/mol. The van der Waals surface area contributed by atoms with Crippen molar-refractivity contribution in [3.63, 3.8) is 0 Å².